The van der Waals surface area contributed by atoms with Crippen molar-refractivity contribution in [2.24, 2.45) is 11.8 Å². The summed E-state index contributed by atoms with van der Waals surface area (Å²) in [5.74, 6) is 2.12. The lowest BCUT2D eigenvalue weighted by Gasteiger charge is -2.44. The van der Waals surface area contributed by atoms with Crippen LogP contribution in [0.25, 0.3) is 0 Å². The first kappa shape index (κ1) is 16.4. The number of fused-ring (bicyclic) bond motifs is 2. The zero-order chi connectivity index (χ0) is 16.7. The van der Waals surface area contributed by atoms with Crippen LogP contribution in [-0.4, -0.2) is 24.0 Å². The molecule has 0 amide bonds. The van der Waals surface area contributed by atoms with Crippen molar-refractivity contribution >= 4 is 0 Å². The van der Waals surface area contributed by atoms with E-state index in [4.69, 9.17) is 0 Å². The SMILES string of the molecule is FC(F)(F)c1ccc([C@@H]2CCCC[C@H]2N2C[C@@H]3CC[C@@H](C3)C2)cc1. The van der Waals surface area contributed by atoms with Gasteiger partial charge in [-0.3, -0.25) is 4.90 Å². The average Bonchev–Trinajstić information content (AvgIpc) is 2.92. The molecule has 2 saturated carbocycles. The predicted octanol–water partition coefficient (Wildman–Crippen LogP) is 5.46. The molecule has 4 heteroatoms. The van der Waals surface area contributed by atoms with Crippen LogP contribution in [0.1, 0.15) is 62.0 Å². The molecule has 0 unspecified atom stereocenters. The molecule has 1 aromatic carbocycles. The summed E-state index contributed by atoms with van der Waals surface area (Å²) in [4.78, 5) is 2.69. The van der Waals surface area contributed by atoms with E-state index in [2.05, 4.69) is 4.90 Å². The molecule has 0 spiro atoms. The first-order valence-electron chi connectivity index (χ1n) is 9.42. The van der Waals surface area contributed by atoms with Crippen molar-refractivity contribution in [3.63, 3.8) is 0 Å². The highest BCUT2D eigenvalue weighted by molar-refractivity contribution is 5.28. The third kappa shape index (κ3) is 3.22. The molecule has 1 heterocycles. The van der Waals surface area contributed by atoms with Gasteiger partial charge in [-0.2, -0.15) is 13.2 Å². The standard InChI is InChI=1S/C20H26F3N/c21-20(22,23)17-9-7-16(8-10-17)18-3-1-2-4-19(18)24-12-14-5-6-15(11-14)13-24/h7-10,14-15,18-19H,1-6,11-13H2/t14-,15+,18-,19+/m0/s1. The van der Waals surface area contributed by atoms with Gasteiger partial charge in [0.15, 0.2) is 0 Å². The number of piperidine rings is 1. The Morgan fingerprint density at radius 3 is 2.08 bits per heavy atom. The molecule has 0 aromatic heterocycles. The fraction of sp³-hybridized carbons (Fsp3) is 0.700. The molecule has 2 aliphatic carbocycles. The molecule has 3 fully saturated rings. The molecule has 4 rings (SSSR count). The Labute approximate surface area is 142 Å². The molecule has 1 saturated heterocycles. The number of hydrogen-bond donors (Lipinski definition) is 0. The Morgan fingerprint density at radius 1 is 0.833 bits per heavy atom. The van der Waals surface area contributed by atoms with Crippen molar-refractivity contribution in [1.29, 1.82) is 0 Å². The predicted molar refractivity (Wildman–Crippen MR) is 88.8 cm³/mol. The molecule has 2 bridgehead atoms. The van der Waals surface area contributed by atoms with E-state index in [1.165, 1.54) is 63.7 Å². The maximum absolute atomic E-state index is 12.8. The van der Waals surface area contributed by atoms with Gasteiger partial charge in [-0.25, -0.2) is 0 Å². The van der Waals surface area contributed by atoms with Gasteiger partial charge in [0.05, 0.1) is 5.56 Å². The van der Waals surface area contributed by atoms with E-state index in [0.29, 0.717) is 12.0 Å². The van der Waals surface area contributed by atoms with Gasteiger partial charge in [-0.05, 0) is 67.6 Å². The normalized spacial score (nSPS) is 34.5. The molecule has 1 aliphatic heterocycles. The molecular weight excluding hydrogens is 311 g/mol. The van der Waals surface area contributed by atoms with Crippen LogP contribution >= 0.6 is 0 Å². The molecule has 0 N–H and O–H groups in total. The summed E-state index contributed by atoms with van der Waals surface area (Å²) in [6, 6.07) is 6.51. The van der Waals surface area contributed by atoms with Crippen LogP contribution in [0, 0.1) is 11.8 Å². The highest BCUT2D eigenvalue weighted by Gasteiger charge is 2.39. The molecule has 1 nitrogen and oxygen atoms in total. The molecule has 1 aromatic rings. The third-order valence-corrected chi connectivity index (χ3v) is 6.50. The Bertz CT molecular complexity index is 553. The monoisotopic (exact) mass is 337 g/mol. The minimum Gasteiger partial charge on any atom is -0.299 e. The van der Waals surface area contributed by atoms with Crippen molar-refractivity contribution in [1.82, 2.24) is 4.90 Å². The number of benzene rings is 1. The highest BCUT2D eigenvalue weighted by atomic mass is 19.4. The number of likely N-dealkylation sites (tertiary alicyclic amines) is 1. The number of hydrogen-bond acceptors (Lipinski definition) is 1. The minimum atomic E-state index is -4.24. The van der Waals surface area contributed by atoms with E-state index < -0.39 is 11.7 Å². The van der Waals surface area contributed by atoms with Crippen LogP contribution in [0.15, 0.2) is 24.3 Å². The second-order valence-corrected chi connectivity index (χ2v) is 8.08. The smallest absolute Gasteiger partial charge is 0.299 e. The topological polar surface area (TPSA) is 3.24 Å². The number of rotatable bonds is 2. The minimum absolute atomic E-state index is 0.401. The molecule has 3 aliphatic rings. The maximum Gasteiger partial charge on any atom is 0.416 e. The van der Waals surface area contributed by atoms with Crippen molar-refractivity contribution in [3.05, 3.63) is 35.4 Å². The quantitative estimate of drug-likeness (QED) is 0.692. The summed E-state index contributed by atoms with van der Waals surface area (Å²) in [5.41, 5.74) is 0.570. The van der Waals surface area contributed by atoms with Crippen molar-refractivity contribution in [2.45, 2.75) is 63.1 Å². The van der Waals surface area contributed by atoms with Gasteiger partial charge in [0.25, 0.3) is 0 Å². The maximum atomic E-state index is 12.8. The highest BCUT2D eigenvalue weighted by Crippen LogP contribution is 2.43. The Balaban J connectivity index is 1.53. The van der Waals surface area contributed by atoms with Gasteiger partial charge in [0, 0.05) is 19.1 Å². The number of alkyl halides is 3. The molecular formula is C20H26F3N. The van der Waals surface area contributed by atoms with Gasteiger partial charge >= 0.3 is 6.18 Å². The summed E-state index contributed by atoms with van der Waals surface area (Å²) in [7, 11) is 0. The zero-order valence-corrected chi connectivity index (χ0v) is 14.1. The summed E-state index contributed by atoms with van der Waals surface area (Å²) in [6.07, 6.45) is 4.67. The Kier molecular flexibility index (Phi) is 4.36. The number of halogens is 3. The second kappa shape index (κ2) is 6.36. The lowest BCUT2D eigenvalue weighted by Crippen LogP contribution is -2.47. The molecule has 24 heavy (non-hydrogen) atoms. The van der Waals surface area contributed by atoms with Crippen LogP contribution in [0.3, 0.4) is 0 Å². The molecule has 4 atom stereocenters. The fourth-order valence-corrected chi connectivity index (χ4v) is 5.38. The number of nitrogens with zero attached hydrogens (tertiary/aromatic N) is 1. The van der Waals surface area contributed by atoms with E-state index in [9.17, 15) is 13.2 Å². The average molecular weight is 337 g/mol. The van der Waals surface area contributed by atoms with Crippen LogP contribution in [0.4, 0.5) is 13.2 Å². The van der Waals surface area contributed by atoms with E-state index in [0.717, 1.165) is 23.8 Å². The van der Waals surface area contributed by atoms with Crippen molar-refractivity contribution in [3.8, 4) is 0 Å². The fourth-order valence-electron chi connectivity index (χ4n) is 5.38. The van der Waals surface area contributed by atoms with E-state index in [1.807, 2.05) is 0 Å². The van der Waals surface area contributed by atoms with Crippen LogP contribution in [-0.2, 0) is 6.18 Å². The molecule has 0 radical (unpaired) electrons. The second-order valence-electron chi connectivity index (χ2n) is 8.08. The lowest BCUT2D eigenvalue weighted by molar-refractivity contribution is -0.137. The zero-order valence-electron chi connectivity index (χ0n) is 14.1. The van der Waals surface area contributed by atoms with Gasteiger partial charge < -0.3 is 0 Å². The van der Waals surface area contributed by atoms with Crippen molar-refractivity contribution < 1.29 is 13.2 Å². The van der Waals surface area contributed by atoms with Crippen LogP contribution in [0.5, 0.6) is 0 Å². The first-order valence-corrected chi connectivity index (χ1v) is 9.42. The van der Waals surface area contributed by atoms with E-state index in [1.54, 1.807) is 12.1 Å². The van der Waals surface area contributed by atoms with Crippen molar-refractivity contribution in [2.75, 3.05) is 13.1 Å². The van der Waals surface area contributed by atoms with Gasteiger partial charge in [-0.15, -0.1) is 0 Å². The summed E-state index contributed by atoms with van der Waals surface area (Å²) >= 11 is 0. The van der Waals surface area contributed by atoms with Gasteiger partial charge in [0.1, 0.15) is 0 Å². The van der Waals surface area contributed by atoms with Gasteiger partial charge in [-0.1, -0.05) is 25.0 Å². The van der Waals surface area contributed by atoms with Crippen LogP contribution in [0.2, 0.25) is 0 Å². The molecule has 132 valence electrons. The van der Waals surface area contributed by atoms with Crippen LogP contribution < -0.4 is 0 Å². The summed E-state index contributed by atoms with van der Waals surface area (Å²) in [5, 5.41) is 0. The Morgan fingerprint density at radius 2 is 1.46 bits per heavy atom. The first-order chi connectivity index (χ1) is 11.5. The Hall–Kier alpha value is -1.03. The van der Waals surface area contributed by atoms with Gasteiger partial charge in [0.2, 0.25) is 0 Å². The largest absolute Gasteiger partial charge is 0.416 e. The third-order valence-electron chi connectivity index (χ3n) is 6.50. The van der Waals surface area contributed by atoms with E-state index >= 15 is 0 Å². The van der Waals surface area contributed by atoms with E-state index in [-0.39, 0.29) is 0 Å². The summed E-state index contributed by atoms with van der Waals surface area (Å²) < 4.78 is 38.4. The summed E-state index contributed by atoms with van der Waals surface area (Å²) in [6.45, 7) is 2.41. The lowest BCUT2D eigenvalue weighted by atomic mass is 9.78.